The summed E-state index contributed by atoms with van der Waals surface area (Å²) in [6.07, 6.45) is 4.81. The van der Waals surface area contributed by atoms with Crippen LogP contribution in [0.15, 0.2) is 79.3 Å². The van der Waals surface area contributed by atoms with Gasteiger partial charge in [0.1, 0.15) is 11.6 Å². The summed E-state index contributed by atoms with van der Waals surface area (Å²) >= 11 is 0. The zero-order valence-corrected chi connectivity index (χ0v) is 21.0. The van der Waals surface area contributed by atoms with Crippen LogP contribution in [0.3, 0.4) is 0 Å². The number of fused-ring (bicyclic) bond motifs is 1. The largest absolute Gasteiger partial charge is 0.439 e. The second-order valence-electron chi connectivity index (χ2n) is 9.63. The maximum absolute atomic E-state index is 13.6. The Labute approximate surface area is 226 Å². The fourth-order valence-electron chi connectivity index (χ4n) is 4.68. The van der Waals surface area contributed by atoms with E-state index in [-0.39, 0.29) is 36.3 Å². The fourth-order valence-corrected chi connectivity index (χ4v) is 4.68. The number of carbonyl (C=O) groups is 1. The van der Waals surface area contributed by atoms with E-state index < -0.39 is 11.8 Å². The highest BCUT2D eigenvalue weighted by Crippen LogP contribution is 2.36. The number of H-pyrrole nitrogens is 1. The summed E-state index contributed by atoms with van der Waals surface area (Å²) in [7, 11) is 0. The van der Waals surface area contributed by atoms with Crippen molar-refractivity contribution in [2.45, 2.75) is 31.2 Å². The predicted molar refractivity (Wildman–Crippen MR) is 144 cm³/mol. The monoisotopic (exact) mass is 544 g/mol. The Morgan fingerprint density at radius 2 is 1.82 bits per heavy atom. The minimum Gasteiger partial charge on any atom is -0.439 e. The molecule has 11 heteroatoms. The maximum Gasteiger partial charge on any atom is 0.276 e. The van der Waals surface area contributed by atoms with Crippen molar-refractivity contribution in [1.82, 2.24) is 20.2 Å². The third-order valence-corrected chi connectivity index (χ3v) is 6.65. The van der Waals surface area contributed by atoms with E-state index in [9.17, 15) is 18.0 Å². The van der Waals surface area contributed by atoms with Crippen molar-refractivity contribution in [2.24, 2.45) is 0 Å². The third-order valence-electron chi connectivity index (χ3n) is 6.65. The van der Waals surface area contributed by atoms with Crippen LogP contribution in [0.4, 0.5) is 24.5 Å². The Bertz CT molecular complexity index is 1670. The molecule has 202 valence electrons. The van der Waals surface area contributed by atoms with E-state index in [0.29, 0.717) is 34.4 Å². The summed E-state index contributed by atoms with van der Waals surface area (Å²) in [6, 6.07) is 15.8. The SMILES string of the molecule is O=C(Nc1ccc(Oc2ccc(F)cc2)nc1)c1n[nH]c2ccc(-c3cncc(NC4CCC(F)(F)C4)c3)cc12. The molecule has 40 heavy (non-hydrogen) atoms. The number of aromatic nitrogens is 4. The molecule has 0 bridgehead atoms. The molecule has 3 heterocycles. The molecule has 6 rings (SSSR count). The van der Waals surface area contributed by atoms with Gasteiger partial charge < -0.3 is 15.4 Å². The fraction of sp³-hybridized carbons (Fsp3) is 0.172. The molecule has 1 unspecified atom stereocenters. The van der Waals surface area contributed by atoms with E-state index in [2.05, 4.69) is 30.8 Å². The molecule has 1 amide bonds. The van der Waals surface area contributed by atoms with Crippen molar-refractivity contribution in [1.29, 1.82) is 0 Å². The highest BCUT2D eigenvalue weighted by Gasteiger charge is 2.39. The standard InChI is InChI=1S/C29H23F3N6O2/c30-19-2-5-23(6-3-19)40-26-8-4-21(16-34-26)36-28(39)27-24-12-17(1-7-25(24)37-38-27)18-11-22(15-33-14-18)35-20-9-10-29(31,32)13-20/h1-8,11-12,14-16,20,35H,9-10,13H2,(H,36,39)(H,37,38). The minimum atomic E-state index is -2.64. The second-order valence-corrected chi connectivity index (χ2v) is 9.63. The summed E-state index contributed by atoms with van der Waals surface area (Å²) in [6.45, 7) is 0. The van der Waals surface area contributed by atoms with E-state index in [1.54, 1.807) is 24.5 Å². The number of rotatable bonds is 7. The molecule has 0 radical (unpaired) electrons. The number of aromatic amines is 1. The van der Waals surface area contributed by atoms with Crippen LogP contribution >= 0.6 is 0 Å². The Kier molecular flexibility index (Phi) is 6.54. The van der Waals surface area contributed by atoms with Gasteiger partial charge in [-0.2, -0.15) is 5.10 Å². The summed E-state index contributed by atoms with van der Waals surface area (Å²) in [5.74, 6) is -2.73. The zero-order valence-electron chi connectivity index (χ0n) is 21.0. The van der Waals surface area contributed by atoms with Gasteiger partial charge in [-0.1, -0.05) is 6.07 Å². The van der Waals surface area contributed by atoms with Crippen LogP contribution in [0.2, 0.25) is 0 Å². The summed E-state index contributed by atoms with van der Waals surface area (Å²) in [5, 5.41) is 13.6. The summed E-state index contributed by atoms with van der Waals surface area (Å²) < 4.78 is 45.8. The number of hydrogen-bond donors (Lipinski definition) is 3. The Hall–Kier alpha value is -4.93. The highest BCUT2D eigenvalue weighted by atomic mass is 19.3. The van der Waals surface area contributed by atoms with E-state index in [1.807, 2.05) is 24.3 Å². The van der Waals surface area contributed by atoms with E-state index in [0.717, 1.165) is 11.1 Å². The van der Waals surface area contributed by atoms with E-state index >= 15 is 0 Å². The van der Waals surface area contributed by atoms with Gasteiger partial charge in [0.05, 0.1) is 23.1 Å². The van der Waals surface area contributed by atoms with Crippen molar-refractivity contribution in [3.8, 4) is 22.8 Å². The number of benzene rings is 2. The lowest BCUT2D eigenvalue weighted by atomic mass is 10.0. The van der Waals surface area contributed by atoms with Crippen molar-refractivity contribution < 1.29 is 22.7 Å². The number of pyridine rings is 2. The van der Waals surface area contributed by atoms with Gasteiger partial charge in [-0.3, -0.25) is 14.9 Å². The first-order valence-corrected chi connectivity index (χ1v) is 12.6. The lowest BCUT2D eigenvalue weighted by Crippen LogP contribution is -2.19. The lowest BCUT2D eigenvalue weighted by molar-refractivity contribution is 0.00851. The molecule has 5 aromatic rings. The lowest BCUT2D eigenvalue weighted by Gasteiger charge is -2.15. The first kappa shape index (κ1) is 25.4. The van der Waals surface area contributed by atoms with Crippen LogP contribution in [0.1, 0.15) is 29.8 Å². The maximum atomic E-state index is 13.6. The smallest absolute Gasteiger partial charge is 0.276 e. The zero-order chi connectivity index (χ0) is 27.7. The number of carbonyl (C=O) groups excluding carboxylic acids is 1. The summed E-state index contributed by atoms with van der Waals surface area (Å²) in [5.41, 5.74) is 3.52. The topological polar surface area (TPSA) is 105 Å². The van der Waals surface area contributed by atoms with E-state index in [1.165, 1.54) is 30.5 Å². The van der Waals surface area contributed by atoms with Gasteiger partial charge in [0.25, 0.3) is 5.91 Å². The number of nitrogens with zero attached hydrogens (tertiary/aromatic N) is 3. The molecule has 2 aromatic carbocycles. The second kappa shape index (κ2) is 10.3. The van der Waals surface area contributed by atoms with Gasteiger partial charge in [-0.05, 0) is 60.5 Å². The number of ether oxygens (including phenoxy) is 1. The highest BCUT2D eigenvalue weighted by molar-refractivity contribution is 6.11. The molecule has 0 spiro atoms. The number of nitrogens with one attached hydrogen (secondary N) is 3. The normalized spacial score (nSPS) is 16.1. The van der Waals surface area contributed by atoms with Gasteiger partial charge in [-0.15, -0.1) is 0 Å². The molecule has 0 aliphatic heterocycles. The number of alkyl halides is 2. The minimum absolute atomic E-state index is 0.121. The average Bonchev–Trinajstić information content (AvgIpc) is 3.53. The molecular formula is C29H23F3N6O2. The van der Waals surface area contributed by atoms with Gasteiger partial charge in [-0.25, -0.2) is 18.2 Å². The van der Waals surface area contributed by atoms with Crippen molar-refractivity contribution in [2.75, 3.05) is 10.6 Å². The Balaban J connectivity index is 1.17. The van der Waals surface area contributed by atoms with Crippen LogP contribution in [0.25, 0.3) is 22.0 Å². The molecule has 0 saturated heterocycles. The number of halogens is 3. The molecule has 3 aromatic heterocycles. The van der Waals surface area contributed by atoms with Gasteiger partial charge in [0, 0.05) is 48.3 Å². The molecular weight excluding hydrogens is 521 g/mol. The summed E-state index contributed by atoms with van der Waals surface area (Å²) in [4.78, 5) is 21.5. The first-order chi connectivity index (χ1) is 19.3. The van der Waals surface area contributed by atoms with Crippen molar-refractivity contribution in [3.05, 3.63) is 90.8 Å². The first-order valence-electron chi connectivity index (χ1n) is 12.6. The predicted octanol–water partition coefficient (Wildman–Crippen LogP) is 6.80. The van der Waals surface area contributed by atoms with Gasteiger partial charge >= 0.3 is 0 Å². The molecule has 1 aliphatic carbocycles. The number of hydrogen-bond acceptors (Lipinski definition) is 6. The van der Waals surface area contributed by atoms with Crippen LogP contribution in [-0.2, 0) is 0 Å². The number of amides is 1. The molecule has 3 N–H and O–H groups in total. The van der Waals surface area contributed by atoms with Crippen LogP contribution in [0.5, 0.6) is 11.6 Å². The molecule has 8 nitrogen and oxygen atoms in total. The molecule has 1 saturated carbocycles. The van der Waals surface area contributed by atoms with Crippen molar-refractivity contribution >= 4 is 28.2 Å². The van der Waals surface area contributed by atoms with E-state index in [4.69, 9.17) is 4.74 Å². The molecule has 1 aliphatic rings. The quantitative estimate of drug-likeness (QED) is 0.208. The molecule has 1 atom stereocenters. The number of anilines is 2. The molecule has 1 fully saturated rings. The Morgan fingerprint density at radius 1 is 0.975 bits per heavy atom. The third kappa shape index (κ3) is 5.58. The van der Waals surface area contributed by atoms with Gasteiger partial charge in [0.2, 0.25) is 11.8 Å². The van der Waals surface area contributed by atoms with Crippen molar-refractivity contribution in [3.63, 3.8) is 0 Å². The van der Waals surface area contributed by atoms with Gasteiger partial charge in [0.15, 0.2) is 5.69 Å². The Morgan fingerprint density at radius 3 is 2.58 bits per heavy atom. The van der Waals surface area contributed by atoms with Crippen LogP contribution < -0.4 is 15.4 Å². The van der Waals surface area contributed by atoms with Crippen LogP contribution in [-0.4, -0.2) is 38.0 Å². The average molecular weight is 545 g/mol. The van der Waals surface area contributed by atoms with Crippen LogP contribution in [0, 0.1) is 5.82 Å².